The van der Waals surface area contributed by atoms with Crippen LogP contribution in [0.1, 0.15) is 42.1 Å². The van der Waals surface area contributed by atoms with E-state index in [4.69, 9.17) is 4.74 Å². The van der Waals surface area contributed by atoms with E-state index in [2.05, 4.69) is 0 Å². The average Bonchev–Trinajstić information content (AvgIpc) is 3.09. The van der Waals surface area contributed by atoms with E-state index < -0.39 is 17.7 Å². The first kappa shape index (κ1) is 13.5. The summed E-state index contributed by atoms with van der Waals surface area (Å²) in [5, 5.41) is 9.97. The molecule has 2 rings (SSSR count). The van der Waals surface area contributed by atoms with Crippen molar-refractivity contribution < 1.29 is 23.8 Å². The first-order valence-corrected chi connectivity index (χ1v) is 6.16. The van der Waals surface area contributed by atoms with Crippen LogP contribution in [-0.2, 0) is 9.53 Å². The molecule has 5 heteroatoms. The Morgan fingerprint density at radius 3 is 2.74 bits per heavy atom. The van der Waals surface area contributed by atoms with Gasteiger partial charge in [-0.3, -0.25) is 9.59 Å². The van der Waals surface area contributed by atoms with Crippen LogP contribution in [0.5, 0.6) is 5.75 Å². The highest BCUT2D eigenvalue weighted by Gasteiger charge is 2.48. The maximum Gasteiger partial charge on any atom is 0.309 e. The summed E-state index contributed by atoms with van der Waals surface area (Å²) in [6.45, 7) is 3.26. The van der Waals surface area contributed by atoms with Crippen LogP contribution in [-0.4, -0.2) is 23.5 Å². The SMILES string of the molecule is CCOC(=O)[C@@H]1C[C@@H]1c1c(F)ccc(C(C)=O)c1O. The fourth-order valence-electron chi connectivity index (χ4n) is 2.24. The minimum atomic E-state index is -0.598. The quantitative estimate of drug-likeness (QED) is 0.671. The molecule has 0 bridgehead atoms. The molecule has 0 spiro atoms. The summed E-state index contributed by atoms with van der Waals surface area (Å²) in [4.78, 5) is 22.9. The van der Waals surface area contributed by atoms with E-state index in [1.165, 1.54) is 13.0 Å². The van der Waals surface area contributed by atoms with Crippen molar-refractivity contribution in [2.24, 2.45) is 5.92 Å². The molecule has 1 aromatic carbocycles. The van der Waals surface area contributed by atoms with Gasteiger partial charge in [0.15, 0.2) is 5.78 Å². The third kappa shape index (κ3) is 2.45. The van der Waals surface area contributed by atoms with Gasteiger partial charge in [-0.05, 0) is 32.4 Å². The number of ether oxygens (including phenoxy) is 1. The maximum absolute atomic E-state index is 13.8. The number of carbonyl (C=O) groups is 2. The lowest BCUT2D eigenvalue weighted by Gasteiger charge is -2.09. The molecule has 0 aromatic heterocycles. The maximum atomic E-state index is 13.8. The lowest BCUT2D eigenvalue weighted by atomic mass is 10.0. The van der Waals surface area contributed by atoms with Gasteiger partial charge >= 0.3 is 5.97 Å². The molecule has 1 N–H and O–H groups in total. The van der Waals surface area contributed by atoms with Gasteiger partial charge in [-0.15, -0.1) is 0 Å². The fraction of sp³-hybridized carbons (Fsp3) is 0.429. The van der Waals surface area contributed by atoms with Gasteiger partial charge in [0.1, 0.15) is 11.6 Å². The molecule has 0 saturated heterocycles. The largest absolute Gasteiger partial charge is 0.507 e. The van der Waals surface area contributed by atoms with E-state index in [0.29, 0.717) is 6.42 Å². The van der Waals surface area contributed by atoms with Crippen molar-refractivity contribution in [1.82, 2.24) is 0 Å². The zero-order valence-corrected chi connectivity index (χ0v) is 10.8. The molecule has 102 valence electrons. The van der Waals surface area contributed by atoms with E-state index in [9.17, 15) is 19.1 Å². The van der Waals surface area contributed by atoms with Crippen LogP contribution in [0.3, 0.4) is 0 Å². The van der Waals surface area contributed by atoms with Gasteiger partial charge in [0.2, 0.25) is 0 Å². The first-order chi connectivity index (χ1) is 8.97. The normalized spacial score (nSPS) is 21.0. The molecular weight excluding hydrogens is 251 g/mol. The molecule has 0 amide bonds. The number of carbonyl (C=O) groups excluding carboxylic acids is 2. The van der Waals surface area contributed by atoms with Crippen molar-refractivity contribution in [3.8, 4) is 5.75 Å². The third-order valence-corrected chi connectivity index (χ3v) is 3.29. The van der Waals surface area contributed by atoms with E-state index in [-0.39, 0.29) is 35.2 Å². The van der Waals surface area contributed by atoms with Crippen molar-refractivity contribution in [3.05, 3.63) is 29.1 Å². The second-order valence-corrected chi connectivity index (χ2v) is 4.61. The van der Waals surface area contributed by atoms with Crippen LogP contribution in [0.15, 0.2) is 12.1 Å². The van der Waals surface area contributed by atoms with Crippen LogP contribution in [0.25, 0.3) is 0 Å². The average molecular weight is 266 g/mol. The molecule has 1 aliphatic rings. The summed E-state index contributed by atoms with van der Waals surface area (Å²) < 4.78 is 18.6. The fourth-order valence-corrected chi connectivity index (χ4v) is 2.24. The van der Waals surface area contributed by atoms with E-state index >= 15 is 0 Å². The summed E-state index contributed by atoms with van der Waals surface area (Å²) >= 11 is 0. The number of halogens is 1. The minimum Gasteiger partial charge on any atom is -0.507 e. The standard InChI is InChI=1S/C14H15FO4/c1-3-19-14(18)10-6-9(10)12-11(15)5-4-8(7(2)16)13(12)17/h4-5,9-10,17H,3,6H2,1-2H3/t9-,10+/m0/s1. The van der Waals surface area contributed by atoms with Crippen LogP contribution in [0, 0.1) is 11.7 Å². The Hall–Kier alpha value is -1.91. The number of ketones is 1. The van der Waals surface area contributed by atoms with Gasteiger partial charge in [-0.25, -0.2) is 4.39 Å². The second-order valence-electron chi connectivity index (χ2n) is 4.61. The predicted octanol–water partition coefficient (Wildman–Crippen LogP) is 2.40. The highest BCUT2D eigenvalue weighted by atomic mass is 19.1. The van der Waals surface area contributed by atoms with Gasteiger partial charge in [0.25, 0.3) is 0 Å². The van der Waals surface area contributed by atoms with Gasteiger partial charge in [0.05, 0.1) is 18.1 Å². The topological polar surface area (TPSA) is 63.6 Å². The van der Waals surface area contributed by atoms with Crippen LogP contribution >= 0.6 is 0 Å². The van der Waals surface area contributed by atoms with Gasteiger partial charge in [-0.1, -0.05) is 0 Å². The minimum absolute atomic E-state index is 0.0470. The smallest absolute Gasteiger partial charge is 0.309 e. The molecule has 19 heavy (non-hydrogen) atoms. The molecule has 0 radical (unpaired) electrons. The molecule has 2 atom stereocenters. The zero-order valence-electron chi connectivity index (χ0n) is 10.8. The lowest BCUT2D eigenvalue weighted by Crippen LogP contribution is -2.08. The Labute approximate surface area is 110 Å². The Kier molecular flexibility index (Phi) is 3.55. The number of esters is 1. The lowest BCUT2D eigenvalue weighted by molar-refractivity contribution is -0.144. The number of phenolic OH excluding ortho intramolecular Hbond substituents is 1. The third-order valence-electron chi connectivity index (χ3n) is 3.29. The summed E-state index contributed by atoms with van der Waals surface area (Å²) in [5.74, 6) is -2.52. The Bertz CT molecular complexity index is 538. The van der Waals surface area contributed by atoms with Crippen molar-refractivity contribution in [3.63, 3.8) is 0 Å². The molecule has 1 aliphatic carbocycles. The highest BCUT2D eigenvalue weighted by molar-refractivity contribution is 5.97. The van der Waals surface area contributed by atoms with Crippen molar-refractivity contribution in [2.45, 2.75) is 26.2 Å². The second kappa shape index (κ2) is 4.99. The monoisotopic (exact) mass is 266 g/mol. The Morgan fingerprint density at radius 2 is 2.16 bits per heavy atom. The Balaban J connectivity index is 2.29. The van der Waals surface area contributed by atoms with Gasteiger partial charge in [-0.2, -0.15) is 0 Å². The summed E-state index contributed by atoms with van der Waals surface area (Å²) in [6, 6.07) is 2.39. The Morgan fingerprint density at radius 1 is 1.47 bits per heavy atom. The van der Waals surface area contributed by atoms with E-state index in [1.807, 2.05) is 0 Å². The molecule has 0 heterocycles. The molecule has 0 unspecified atom stereocenters. The van der Waals surface area contributed by atoms with E-state index in [0.717, 1.165) is 6.07 Å². The van der Waals surface area contributed by atoms with Gasteiger partial charge < -0.3 is 9.84 Å². The number of hydrogen-bond acceptors (Lipinski definition) is 4. The highest BCUT2D eigenvalue weighted by Crippen LogP contribution is 2.52. The number of phenols is 1. The van der Waals surface area contributed by atoms with Crippen LogP contribution in [0.4, 0.5) is 4.39 Å². The van der Waals surface area contributed by atoms with Gasteiger partial charge in [0, 0.05) is 11.5 Å². The summed E-state index contributed by atoms with van der Waals surface area (Å²) in [6.07, 6.45) is 0.435. The number of benzene rings is 1. The molecule has 4 nitrogen and oxygen atoms in total. The van der Waals surface area contributed by atoms with Crippen LogP contribution < -0.4 is 0 Å². The molecule has 0 aliphatic heterocycles. The number of hydrogen-bond donors (Lipinski definition) is 1. The summed E-state index contributed by atoms with van der Waals surface area (Å²) in [5.41, 5.74) is 0.122. The van der Waals surface area contributed by atoms with Crippen LogP contribution in [0.2, 0.25) is 0 Å². The first-order valence-electron chi connectivity index (χ1n) is 6.16. The summed E-state index contributed by atoms with van der Waals surface area (Å²) in [7, 11) is 0. The number of Topliss-reactive ketones (excluding diaryl/α,β-unsaturated/α-hetero) is 1. The van der Waals surface area contributed by atoms with Crippen molar-refractivity contribution >= 4 is 11.8 Å². The molecular formula is C14H15FO4. The molecule has 1 saturated carbocycles. The predicted molar refractivity (Wildman–Crippen MR) is 65.6 cm³/mol. The zero-order chi connectivity index (χ0) is 14.2. The van der Waals surface area contributed by atoms with E-state index in [1.54, 1.807) is 6.92 Å². The van der Waals surface area contributed by atoms with Crippen molar-refractivity contribution in [2.75, 3.05) is 6.61 Å². The number of rotatable bonds is 4. The van der Waals surface area contributed by atoms with Crippen molar-refractivity contribution in [1.29, 1.82) is 0 Å². The molecule has 1 fully saturated rings. The number of aromatic hydroxyl groups is 1. The molecule has 1 aromatic rings.